The van der Waals surface area contributed by atoms with E-state index < -0.39 is 28.9 Å². The van der Waals surface area contributed by atoms with Gasteiger partial charge < -0.3 is 29.0 Å². The molecule has 3 amide bonds. The molecule has 5 aliphatic rings. The van der Waals surface area contributed by atoms with E-state index in [4.69, 9.17) is 24.2 Å². The van der Waals surface area contributed by atoms with Gasteiger partial charge in [-0.3, -0.25) is 34.1 Å². The van der Waals surface area contributed by atoms with Crippen LogP contribution in [0.1, 0.15) is 96.0 Å². The van der Waals surface area contributed by atoms with Crippen molar-refractivity contribution in [3.63, 3.8) is 0 Å². The number of likely N-dealkylation sites (tertiary alicyclic amines) is 2. The Morgan fingerprint density at radius 1 is 1.12 bits per heavy atom. The lowest BCUT2D eigenvalue weighted by molar-refractivity contribution is -0.155. The lowest BCUT2D eigenvalue weighted by Crippen LogP contribution is -2.61. The Balaban J connectivity index is 0.975. The second-order valence-corrected chi connectivity index (χ2v) is 21.3. The van der Waals surface area contributed by atoms with E-state index in [0.29, 0.717) is 63.3 Å². The minimum Gasteiger partial charge on any atom is -0.464 e. The fraction of sp³-hybridized carbons (Fsp3) is 0.569. The number of methoxy groups -OCH3 is 1. The van der Waals surface area contributed by atoms with E-state index in [1.807, 2.05) is 32.2 Å². The van der Waals surface area contributed by atoms with Crippen LogP contribution < -0.4 is 10.7 Å². The Labute approximate surface area is 397 Å². The van der Waals surface area contributed by atoms with Gasteiger partial charge in [0.25, 0.3) is 11.8 Å². The summed E-state index contributed by atoms with van der Waals surface area (Å²) in [5.74, 6) is 4.75. The van der Waals surface area contributed by atoms with Crippen molar-refractivity contribution in [2.45, 2.75) is 123 Å². The summed E-state index contributed by atoms with van der Waals surface area (Å²) in [7, 11) is 1.69. The smallest absolute Gasteiger partial charge is 0.324 e. The molecule has 0 unspecified atom stereocenters. The highest BCUT2D eigenvalue weighted by Crippen LogP contribution is 2.47. The average Bonchev–Trinajstić information content (AvgIpc) is 3.83. The fourth-order valence-electron chi connectivity index (χ4n) is 9.69. The molecule has 7 heterocycles. The second-order valence-electron chi connectivity index (χ2n) is 20.3. The number of amides is 3. The van der Waals surface area contributed by atoms with Gasteiger partial charge in [-0.1, -0.05) is 25.8 Å². The molecule has 2 N–H and O–H groups in total. The minimum absolute atomic E-state index is 0.156. The van der Waals surface area contributed by atoms with Crippen LogP contribution in [0, 0.1) is 22.7 Å². The zero-order chi connectivity index (χ0) is 47.3. The second kappa shape index (κ2) is 18.7. The molecule has 15 nitrogen and oxygen atoms in total. The van der Waals surface area contributed by atoms with Crippen molar-refractivity contribution >= 4 is 45.9 Å². The van der Waals surface area contributed by atoms with Gasteiger partial charge in [0.2, 0.25) is 5.91 Å². The Morgan fingerprint density at radius 2 is 1.91 bits per heavy atom. The number of cyclic esters (lactones) is 1. The number of carbonyl (C=O) groups is 4. The molecule has 3 saturated heterocycles. The van der Waals surface area contributed by atoms with Gasteiger partial charge in [0, 0.05) is 91.8 Å². The minimum atomic E-state index is -0.960. The monoisotopic (exact) mass is 932 g/mol. The predicted molar refractivity (Wildman–Crippen MR) is 255 cm³/mol. The fourth-order valence-corrected chi connectivity index (χ4v) is 10.5. The van der Waals surface area contributed by atoms with Crippen molar-refractivity contribution in [2.24, 2.45) is 10.8 Å². The number of rotatable bonds is 10. The number of ether oxygens (including phenoxy) is 3. The maximum atomic E-state index is 14.5. The van der Waals surface area contributed by atoms with Crippen LogP contribution in [0.2, 0.25) is 0 Å². The summed E-state index contributed by atoms with van der Waals surface area (Å²) in [5, 5.41) is 8.37. The van der Waals surface area contributed by atoms with Gasteiger partial charge in [-0.15, -0.1) is 11.3 Å². The van der Waals surface area contributed by atoms with Gasteiger partial charge in [0.05, 0.1) is 58.5 Å². The van der Waals surface area contributed by atoms with Gasteiger partial charge in [0.1, 0.15) is 12.1 Å². The highest BCUT2D eigenvalue weighted by molar-refractivity contribution is 7.10. The molecule has 9 rings (SSSR count). The quantitative estimate of drug-likeness (QED) is 0.149. The lowest BCUT2D eigenvalue weighted by atomic mass is 9.84. The number of aromatic nitrogens is 3. The molecule has 356 valence electrons. The van der Waals surface area contributed by atoms with Crippen LogP contribution in [0.3, 0.4) is 0 Å². The number of hydrogen-bond donors (Lipinski definition) is 2. The number of nitrogens with one attached hydrogen (secondary N) is 2. The highest BCUT2D eigenvalue weighted by atomic mass is 32.1. The van der Waals surface area contributed by atoms with Crippen LogP contribution in [-0.2, 0) is 52.8 Å². The third kappa shape index (κ3) is 9.63. The van der Waals surface area contributed by atoms with Crippen LogP contribution in [0.4, 0.5) is 0 Å². The van der Waals surface area contributed by atoms with E-state index in [1.54, 1.807) is 18.2 Å². The molecule has 3 aromatic heterocycles. The Bertz CT molecular complexity index is 2610. The summed E-state index contributed by atoms with van der Waals surface area (Å²) in [6.07, 6.45) is 5.61. The normalized spacial score (nSPS) is 22.4. The first-order valence-corrected chi connectivity index (χ1v) is 24.8. The zero-order valence-electron chi connectivity index (χ0n) is 39.9. The van der Waals surface area contributed by atoms with Crippen molar-refractivity contribution in [1.29, 1.82) is 0 Å². The molecule has 1 saturated carbocycles. The van der Waals surface area contributed by atoms with Crippen molar-refractivity contribution < 1.29 is 33.4 Å². The van der Waals surface area contributed by atoms with E-state index in [-0.39, 0.29) is 55.1 Å². The molecule has 1 aromatic carbocycles. The zero-order valence-corrected chi connectivity index (χ0v) is 40.7. The molecule has 6 bridgehead atoms. The summed E-state index contributed by atoms with van der Waals surface area (Å²) >= 11 is 1.45. The van der Waals surface area contributed by atoms with Gasteiger partial charge in [0.15, 0.2) is 0 Å². The molecule has 1 aliphatic carbocycles. The number of thiazole rings is 1. The third-order valence-corrected chi connectivity index (χ3v) is 15.2. The number of nitrogens with zero attached hydrogens (tertiary/aromatic N) is 6. The number of aryl methyl sites for hydroxylation is 1. The van der Waals surface area contributed by atoms with Gasteiger partial charge in [-0.05, 0) is 102 Å². The molecule has 16 heteroatoms. The number of carbonyl (C=O) groups excluding carboxylic acids is 4. The highest BCUT2D eigenvalue weighted by Gasteiger charge is 2.52. The molecular formula is C51H64N8O7S. The maximum Gasteiger partial charge on any atom is 0.324 e. The maximum absolute atomic E-state index is 14.5. The van der Waals surface area contributed by atoms with E-state index in [2.05, 4.69) is 77.1 Å². The predicted octanol–water partition coefficient (Wildman–Crippen LogP) is 5.70. The van der Waals surface area contributed by atoms with Crippen molar-refractivity contribution in [3.8, 4) is 34.4 Å². The van der Waals surface area contributed by atoms with Crippen LogP contribution in [0.15, 0.2) is 41.9 Å². The Morgan fingerprint density at radius 3 is 2.63 bits per heavy atom. The largest absolute Gasteiger partial charge is 0.464 e. The van der Waals surface area contributed by atoms with Gasteiger partial charge in [-0.2, -0.15) is 0 Å². The SMILES string of the molecule is CCn1c(-c2cccnc2[C@H](C)OC)c2c3cc(ccc31)-c1csc(n1)C[C@H](NC(=O)C1(COC3CN(C(=O)C#CC(C)(C)N4CCC4)C3)CC1)C(=O)N1CCC[C@H](N1)C(=O)OCC(C)(C)C2. The molecule has 4 fully saturated rings. The standard InChI is InChI=1S/C51H64N8O7S/c1-8-58-41-15-14-33-24-36(41)37(45(58)35-12-9-20-52-44(35)32(2)64-7)26-49(3,4)30-66-47(62)38-13-10-23-59(55-38)46(61)39(25-42-53-40(33)29-67-42)54-48(63)51(18-19-51)31-65-34-27-56(28-34)43(60)16-17-50(5,6)57-21-11-22-57/h9,12,14-15,20,24,29,32,34,38-39,55H,8,10-11,13,18-19,21-23,25-28,30-31H2,1-7H3,(H,54,63)/t32-,38-,39-/m0/s1. The summed E-state index contributed by atoms with van der Waals surface area (Å²) < 4.78 is 20.5. The third-order valence-electron chi connectivity index (χ3n) is 14.3. The van der Waals surface area contributed by atoms with E-state index in [1.165, 1.54) is 16.3 Å². The Kier molecular flexibility index (Phi) is 13.1. The Hall–Kier alpha value is -5.18. The van der Waals surface area contributed by atoms with E-state index in [9.17, 15) is 19.2 Å². The molecular weight excluding hydrogens is 869 g/mol. The van der Waals surface area contributed by atoms with Crippen LogP contribution >= 0.6 is 11.3 Å². The van der Waals surface area contributed by atoms with Gasteiger partial charge >= 0.3 is 5.97 Å². The summed E-state index contributed by atoms with van der Waals surface area (Å²) in [6.45, 7) is 16.7. The van der Waals surface area contributed by atoms with E-state index >= 15 is 0 Å². The van der Waals surface area contributed by atoms with Crippen LogP contribution in [0.5, 0.6) is 0 Å². The average molecular weight is 933 g/mol. The number of esters is 1. The van der Waals surface area contributed by atoms with Crippen molar-refractivity contribution in [2.75, 3.05) is 53.0 Å². The van der Waals surface area contributed by atoms with Gasteiger partial charge in [-0.25, -0.2) is 10.4 Å². The molecule has 3 atom stereocenters. The first kappa shape index (κ1) is 46.9. The van der Waals surface area contributed by atoms with Crippen molar-refractivity contribution in [3.05, 3.63) is 58.2 Å². The summed E-state index contributed by atoms with van der Waals surface area (Å²) in [5.41, 5.74) is 8.36. The molecule has 0 radical (unpaired) electrons. The van der Waals surface area contributed by atoms with E-state index in [0.717, 1.165) is 64.2 Å². The summed E-state index contributed by atoms with van der Waals surface area (Å²) in [4.78, 5) is 69.3. The topological polar surface area (TPSA) is 160 Å². The van der Waals surface area contributed by atoms with Crippen molar-refractivity contribution in [1.82, 2.24) is 40.1 Å². The lowest BCUT2D eigenvalue weighted by Gasteiger charge is -2.41. The number of hydrazine groups is 1. The molecule has 4 aromatic rings. The van der Waals surface area contributed by atoms with Crippen LogP contribution in [0.25, 0.3) is 33.4 Å². The van der Waals surface area contributed by atoms with Crippen LogP contribution in [-0.4, -0.2) is 130 Å². The summed E-state index contributed by atoms with van der Waals surface area (Å²) in [6, 6.07) is 8.80. The number of fused-ring (bicyclic) bond motifs is 6. The number of pyridine rings is 1. The number of hydrogen-bond acceptors (Lipinski definition) is 12. The molecule has 4 aliphatic heterocycles. The molecule has 0 spiro atoms. The first-order valence-electron chi connectivity index (χ1n) is 23.9. The first-order chi connectivity index (χ1) is 32.1. The number of benzene rings is 1. The molecule has 67 heavy (non-hydrogen) atoms.